The molecular weight excluding hydrogens is 200 g/mol. The summed E-state index contributed by atoms with van der Waals surface area (Å²) in [6.45, 7) is 0. The first-order valence-corrected chi connectivity index (χ1v) is 6.51. The molecular formula is C12H20N4. The highest BCUT2D eigenvalue weighted by Crippen LogP contribution is 2.38. The van der Waals surface area contributed by atoms with Crippen LogP contribution in [0, 0.1) is 0 Å². The van der Waals surface area contributed by atoms with Crippen LogP contribution in [0.5, 0.6) is 0 Å². The van der Waals surface area contributed by atoms with E-state index in [-0.39, 0.29) is 6.04 Å². The molecule has 0 bridgehead atoms. The van der Waals surface area contributed by atoms with Gasteiger partial charge in [-0.15, -0.1) is 10.2 Å². The van der Waals surface area contributed by atoms with Crippen molar-refractivity contribution in [2.24, 2.45) is 5.73 Å². The molecule has 4 heteroatoms. The lowest BCUT2D eigenvalue weighted by molar-refractivity contribution is 0.462. The van der Waals surface area contributed by atoms with E-state index in [1.165, 1.54) is 38.5 Å². The summed E-state index contributed by atoms with van der Waals surface area (Å²) >= 11 is 0. The van der Waals surface area contributed by atoms with E-state index in [0.717, 1.165) is 12.2 Å². The Labute approximate surface area is 96.2 Å². The molecule has 2 aliphatic rings. The maximum atomic E-state index is 6.28. The van der Waals surface area contributed by atoms with Crippen LogP contribution in [0.2, 0.25) is 0 Å². The number of rotatable bonds is 2. The van der Waals surface area contributed by atoms with Gasteiger partial charge in [-0.1, -0.05) is 19.3 Å². The van der Waals surface area contributed by atoms with Gasteiger partial charge >= 0.3 is 0 Å². The van der Waals surface area contributed by atoms with E-state index < -0.39 is 0 Å². The summed E-state index contributed by atoms with van der Waals surface area (Å²) in [7, 11) is 0. The van der Waals surface area contributed by atoms with Gasteiger partial charge in [0.15, 0.2) is 0 Å². The number of hydrogen-bond donors (Lipinski definition) is 1. The minimum absolute atomic E-state index is 0.282. The van der Waals surface area contributed by atoms with Crippen molar-refractivity contribution in [3.05, 3.63) is 12.2 Å². The van der Waals surface area contributed by atoms with Gasteiger partial charge in [0.05, 0.1) is 0 Å². The van der Waals surface area contributed by atoms with E-state index in [1.54, 1.807) is 0 Å². The van der Waals surface area contributed by atoms with Crippen molar-refractivity contribution < 1.29 is 0 Å². The van der Waals surface area contributed by atoms with Gasteiger partial charge in [-0.2, -0.15) is 0 Å². The van der Waals surface area contributed by atoms with Crippen LogP contribution < -0.4 is 5.73 Å². The maximum absolute atomic E-state index is 6.28. The van der Waals surface area contributed by atoms with E-state index >= 15 is 0 Å². The van der Waals surface area contributed by atoms with Gasteiger partial charge in [0.1, 0.15) is 12.2 Å². The largest absolute Gasteiger partial charge is 0.327 e. The summed E-state index contributed by atoms with van der Waals surface area (Å²) in [5.74, 6) is 1.59. The van der Waals surface area contributed by atoms with Crippen LogP contribution in [-0.4, -0.2) is 20.8 Å². The van der Waals surface area contributed by atoms with Gasteiger partial charge in [-0.3, -0.25) is 0 Å². The Morgan fingerprint density at radius 1 is 1.12 bits per heavy atom. The van der Waals surface area contributed by atoms with Crippen molar-refractivity contribution in [1.82, 2.24) is 14.8 Å². The molecule has 0 aromatic carbocycles. The molecule has 1 aromatic rings. The van der Waals surface area contributed by atoms with E-state index in [0.29, 0.717) is 12.0 Å². The predicted molar refractivity (Wildman–Crippen MR) is 62.1 cm³/mol. The molecule has 2 fully saturated rings. The molecule has 3 rings (SSSR count). The molecule has 0 saturated heterocycles. The molecule has 2 aliphatic carbocycles. The Hall–Kier alpha value is -0.900. The van der Waals surface area contributed by atoms with Crippen molar-refractivity contribution in [2.75, 3.05) is 0 Å². The van der Waals surface area contributed by atoms with Crippen molar-refractivity contribution in [3.63, 3.8) is 0 Å². The molecule has 0 aliphatic heterocycles. The Morgan fingerprint density at radius 3 is 2.75 bits per heavy atom. The zero-order chi connectivity index (χ0) is 11.0. The van der Waals surface area contributed by atoms with Crippen molar-refractivity contribution in [1.29, 1.82) is 0 Å². The fraction of sp³-hybridized carbons (Fsp3) is 0.833. The summed E-state index contributed by atoms with van der Waals surface area (Å²) in [5.41, 5.74) is 6.28. The minimum Gasteiger partial charge on any atom is -0.327 e. The van der Waals surface area contributed by atoms with Gasteiger partial charge in [0, 0.05) is 18.0 Å². The van der Waals surface area contributed by atoms with Gasteiger partial charge < -0.3 is 10.3 Å². The van der Waals surface area contributed by atoms with Crippen LogP contribution in [0.25, 0.3) is 0 Å². The highest BCUT2D eigenvalue weighted by atomic mass is 15.3. The smallest absolute Gasteiger partial charge is 0.137 e. The van der Waals surface area contributed by atoms with Crippen molar-refractivity contribution in [2.45, 2.75) is 62.9 Å². The summed E-state index contributed by atoms with van der Waals surface area (Å²) in [4.78, 5) is 0. The third-order valence-electron chi connectivity index (χ3n) is 3.94. The van der Waals surface area contributed by atoms with Gasteiger partial charge in [-0.05, 0) is 25.7 Å². The monoisotopic (exact) mass is 220 g/mol. The summed E-state index contributed by atoms with van der Waals surface area (Å²) in [5, 5.41) is 8.41. The molecule has 0 amide bonds. The number of nitrogens with two attached hydrogens (primary N) is 1. The zero-order valence-electron chi connectivity index (χ0n) is 9.68. The third-order valence-corrected chi connectivity index (χ3v) is 3.94. The molecule has 0 spiro atoms. The van der Waals surface area contributed by atoms with Crippen LogP contribution in [0.3, 0.4) is 0 Å². The Morgan fingerprint density at radius 2 is 1.94 bits per heavy atom. The topological polar surface area (TPSA) is 56.7 Å². The van der Waals surface area contributed by atoms with Crippen molar-refractivity contribution in [3.8, 4) is 0 Å². The van der Waals surface area contributed by atoms with E-state index in [9.17, 15) is 0 Å². The SMILES string of the molecule is NC1CCCCCC1c1nncn1C1CC1. The second-order valence-electron chi connectivity index (χ2n) is 5.24. The molecule has 88 valence electrons. The van der Waals surface area contributed by atoms with Gasteiger partial charge in [-0.25, -0.2) is 0 Å². The summed E-state index contributed by atoms with van der Waals surface area (Å²) < 4.78 is 2.27. The molecule has 1 aromatic heterocycles. The third kappa shape index (κ3) is 1.86. The lowest BCUT2D eigenvalue weighted by Gasteiger charge is -2.21. The molecule has 2 saturated carbocycles. The average molecular weight is 220 g/mol. The molecule has 16 heavy (non-hydrogen) atoms. The van der Waals surface area contributed by atoms with Crippen LogP contribution in [0.15, 0.2) is 6.33 Å². The number of hydrogen-bond acceptors (Lipinski definition) is 3. The fourth-order valence-corrected chi connectivity index (χ4v) is 2.81. The second kappa shape index (κ2) is 4.17. The first-order chi connectivity index (χ1) is 7.86. The molecule has 4 nitrogen and oxygen atoms in total. The predicted octanol–water partition coefficient (Wildman–Crippen LogP) is 1.99. The quantitative estimate of drug-likeness (QED) is 0.775. The fourth-order valence-electron chi connectivity index (χ4n) is 2.81. The average Bonchev–Trinajstić information content (AvgIpc) is 3.05. The highest BCUT2D eigenvalue weighted by molar-refractivity contribution is 5.05. The van der Waals surface area contributed by atoms with E-state index in [4.69, 9.17) is 5.73 Å². The Kier molecular flexibility index (Phi) is 2.67. The van der Waals surface area contributed by atoms with Crippen LogP contribution in [0.4, 0.5) is 0 Å². The Balaban J connectivity index is 1.85. The maximum Gasteiger partial charge on any atom is 0.137 e. The van der Waals surface area contributed by atoms with Gasteiger partial charge in [0.2, 0.25) is 0 Å². The normalized spacial score (nSPS) is 31.3. The molecule has 0 radical (unpaired) electrons. The van der Waals surface area contributed by atoms with E-state index in [1.807, 2.05) is 6.33 Å². The lowest BCUT2D eigenvalue weighted by Crippen LogP contribution is -2.29. The number of nitrogens with zero attached hydrogens (tertiary/aromatic N) is 3. The van der Waals surface area contributed by atoms with E-state index in [2.05, 4.69) is 14.8 Å². The Bertz CT molecular complexity index is 356. The standard InChI is InChI=1S/C12H20N4/c13-11-5-3-1-2-4-10(11)12-15-14-8-16(12)9-6-7-9/h8-11H,1-7,13H2. The summed E-state index contributed by atoms with van der Waals surface area (Å²) in [6.07, 6.45) is 10.7. The molecule has 2 unspecified atom stereocenters. The van der Waals surface area contributed by atoms with Gasteiger partial charge in [0.25, 0.3) is 0 Å². The van der Waals surface area contributed by atoms with Crippen LogP contribution in [-0.2, 0) is 0 Å². The molecule has 2 N–H and O–H groups in total. The van der Waals surface area contributed by atoms with Crippen LogP contribution in [0.1, 0.15) is 62.7 Å². The second-order valence-corrected chi connectivity index (χ2v) is 5.24. The minimum atomic E-state index is 0.282. The number of aromatic nitrogens is 3. The van der Waals surface area contributed by atoms with Crippen molar-refractivity contribution >= 4 is 0 Å². The molecule has 1 heterocycles. The first kappa shape index (κ1) is 10.3. The lowest BCUT2D eigenvalue weighted by atomic mass is 9.94. The molecule has 2 atom stereocenters. The highest BCUT2D eigenvalue weighted by Gasteiger charge is 2.32. The first-order valence-electron chi connectivity index (χ1n) is 6.51. The van der Waals surface area contributed by atoms with Crippen LogP contribution >= 0.6 is 0 Å². The zero-order valence-corrected chi connectivity index (χ0v) is 9.68. The summed E-state index contributed by atoms with van der Waals surface area (Å²) in [6, 6.07) is 0.949.